The summed E-state index contributed by atoms with van der Waals surface area (Å²) in [5.74, 6) is 1.45. The number of aromatic amines is 1. The number of aromatic nitrogens is 2. The Bertz CT molecular complexity index is 1280. The molecule has 34 heavy (non-hydrogen) atoms. The van der Waals surface area contributed by atoms with E-state index in [2.05, 4.69) is 78.6 Å². The Morgan fingerprint density at radius 2 is 1.82 bits per heavy atom. The molecule has 2 aliphatic rings. The van der Waals surface area contributed by atoms with Crippen LogP contribution >= 0.6 is 0 Å². The van der Waals surface area contributed by atoms with Gasteiger partial charge in [-0.25, -0.2) is 4.98 Å². The number of hydrogen-bond donors (Lipinski definition) is 2. The third-order valence-electron chi connectivity index (χ3n) is 8.77. The summed E-state index contributed by atoms with van der Waals surface area (Å²) in [6.07, 6.45) is 8.22. The molecule has 1 fully saturated rings. The molecule has 0 spiro atoms. The van der Waals surface area contributed by atoms with Crippen LogP contribution in [0.5, 0.6) is 0 Å². The van der Waals surface area contributed by atoms with Crippen molar-refractivity contribution in [3.8, 4) is 11.4 Å². The average molecular weight is 451 g/mol. The molecule has 2 aliphatic carbocycles. The van der Waals surface area contributed by atoms with E-state index in [0.29, 0.717) is 5.92 Å². The summed E-state index contributed by atoms with van der Waals surface area (Å²) in [4.78, 5) is 8.38. The largest absolute Gasteiger partial charge is 0.390 e. The van der Waals surface area contributed by atoms with Crippen LogP contribution in [0.2, 0.25) is 0 Å². The standard InChI is InChI=1S/C31H34N2O/c1-2-30(34)17-18-31(20-22-9-4-3-5-10-22)25(21-30)12-8-11-23-19-24(15-16-26(23)31)29-32-27-13-6-7-14-28(27)33-29/h3-7,9-10,13-16,19,25,34H,2,8,11-12,17-18,20-21H2,1H3,(H,32,33). The van der Waals surface area contributed by atoms with E-state index >= 15 is 0 Å². The molecular weight excluding hydrogens is 416 g/mol. The number of H-pyrrole nitrogens is 1. The molecule has 3 nitrogen and oxygen atoms in total. The van der Waals surface area contributed by atoms with Crippen molar-refractivity contribution in [1.29, 1.82) is 0 Å². The molecule has 1 saturated carbocycles. The van der Waals surface area contributed by atoms with Crippen LogP contribution in [0.4, 0.5) is 0 Å². The van der Waals surface area contributed by atoms with E-state index in [9.17, 15) is 5.11 Å². The van der Waals surface area contributed by atoms with Gasteiger partial charge in [0.1, 0.15) is 5.82 Å². The fourth-order valence-corrected chi connectivity index (χ4v) is 6.82. The second-order valence-electron chi connectivity index (χ2n) is 10.7. The minimum Gasteiger partial charge on any atom is -0.390 e. The van der Waals surface area contributed by atoms with Gasteiger partial charge in [-0.05, 0) is 92.2 Å². The molecule has 6 rings (SSSR count). The minimum atomic E-state index is -0.510. The molecule has 0 radical (unpaired) electrons. The monoisotopic (exact) mass is 450 g/mol. The van der Waals surface area contributed by atoms with Crippen molar-refractivity contribution in [2.45, 2.75) is 69.3 Å². The van der Waals surface area contributed by atoms with Gasteiger partial charge in [-0.15, -0.1) is 0 Å². The van der Waals surface area contributed by atoms with E-state index in [0.717, 1.165) is 55.4 Å². The molecule has 0 bridgehead atoms. The number of para-hydroxylation sites is 2. The molecule has 3 atom stereocenters. The van der Waals surface area contributed by atoms with Crippen molar-refractivity contribution in [1.82, 2.24) is 9.97 Å². The van der Waals surface area contributed by atoms with Gasteiger partial charge < -0.3 is 10.1 Å². The number of hydrogen-bond acceptors (Lipinski definition) is 2. The molecular formula is C31H34N2O. The number of rotatable bonds is 4. The van der Waals surface area contributed by atoms with Gasteiger partial charge in [0.25, 0.3) is 0 Å². The lowest BCUT2D eigenvalue weighted by Crippen LogP contribution is -2.48. The normalized spacial score (nSPS) is 26.6. The van der Waals surface area contributed by atoms with Gasteiger partial charge in [-0.3, -0.25) is 0 Å². The Morgan fingerprint density at radius 1 is 1.00 bits per heavy atom. The third-order valence-corrected chi connectivity index (χ3v) is 8.77. The van der Waals surface area contributed by atoms with E-state index in [-0.39, 0.29) is 5.41 Å². The van der Waals surface area contributed by atoms with E-state index < -0.39 is 5.60 Å². The van der Waals surface area contributed by atoms with Gasteiger partial charge in [-0.1, -0.05) is 61.5 Å². The molecule has 3 aromatic carbocycles. The zero-order chi connectivity index (χ0) is 23.2. The summed E-state index contributed by atoms with van der Waals surface area (Å²) in [6, 6.07) is 26.3. The van der Waals surface area contributed by atoms with Crippen LogP contribution in [-0.4, -0.2) is 20.7 Å². The zero-order valence-electron chi connectivity index (χ0n) is 20.1. The summed E-state index contributed by atoms with van der Waals surface area (Å²) in [5, 5.41) is 11.3. The maximum Gasteiger partial charge on any atom is 0.138 e. The van der Waals surface area contributed by atoms with Gasteiger partial charge in [-0.2, -0.15) is 0 Å². The van der Waals surface area contributed by atoms with Gasteiger partial charge >= 0.3 is 0 Å². The molecule has 4 aromatic rings. The first-order valence-electron chi connectivity index (χ1n) is 12.9. The third kappa shape index (κ3) is 3.67. The van der Waals surface area contributed by atoms with Crippen molar-refractivity contribution >= 4 is 11.0 Å². The maximum absolute atomic E-state index is 11.3. The zero-order valence-corrected chi connectivity index (χ0v) is 20.1. The lowest BCUT2D eigenvalue weighted by atomic mass is 9.55. The molecule has 3 unspecified atom stereocenters. The lowest BCUT2D eigenvalue weighted by Gasteiger charge is -2.50. The van der Waals surface area contributed by atoms with Crippen LogP contribution in [0, 0.1) is 5.92 Å². The SMILES string of the molecule is CCC1(O)CCC2(Cc3ccccc3)c3ccc(-c4nc5ccccc5[nH]4)cc3CCCC2C1. The molecule has 174 valence electrons. The fourth-order valence-electron chi connectivity index (χ4n) is 6.82. The number of nitrogens with zero attached hydrogens (tertiary/aromatic N) is 1. The van der Waals surface area contributed by atoms with Crippen LogP contribution in [-0.2, 0) is 18.3 Å². The highest BCUT2D eigenvalue weighted by atomic mass is 16.3. The summed E-state index contributed by atoms with van der Waals surface area (Å²) >= 11 is 0. The molecule has 0 aliphatic heterocycles. The smallest absolute Gasteiger partial charge is 0.138 e. The number of fused-ring (bicyclic) bond motifs is 4. The van der Waals surface area contributed by atoms with Crippen molar-refractivity contribution in [2.24, 2.45) is 5.92 Å². The van der Waals surface area contributed by atoms with Crippen molar-refractivity contribution in [2.75, 3.05) is 0 Å². The number of benzene rings is 3. The van der Waals surface area contributed by atoms with E-state index in [4.69, 9.17) is 4.98 Å². The Balaban J connectivity index is 1.45. The van der Waals surface area contributed by atoms with E-state index in [1.165, 1.54) is 35.1 Å². The average Bonchev–Trinajstić information content (AvgIpc) is 3.25. The summed E-state index contributed by atoms with van der Waals surface area (Å²) in [7, 11) is 0. The first-order valence-corrected chi connectivity index (χ1v) is 12.9. The topological polar surface area (TPSA) is 48.9 Å². The van der Waals surface area contributed by atoms with Crippen molar-refractivity contribution in [3.63, 3.8) is 0 Å². The molecule has 2 N–H and O–H groups in total. The molecule has 0 amide bonds. The van der Waals surface area contributed by atoms with Gasteiger partial charge in [0.15, 0.2) is 0 Å². The molecule has 0 saturated heterocycles. The lowest BCUT2D eigenvalue weighted by molar-refractivity contribution is -0.0497. The summed E-state index contributed by atoms with van der Waals surface area (Å²) < 4.78 is 0. The maximum atomic E-state index is 11.3. The second-order valence-corrected chi connectivity index (χ2v) is 10.7. The van der Waals surface area contributed by atoms with Crippen LogP contribution in [0.25, 0.3) is 22.4 Å². The van der Waals surface area contributed by atoms with Gasteiger partial charge in [0, 0.05) is 11.0 Å². The molecule has 1 aromatic heterocycles. The van der Waals surface area contributed by atoms with Crippen LogP contribution in [0.1, 0.15) is 62.1 Å². The highest BCUT2D eigenvalue weighted by Crippen LogP contribution is 2.54. The molecule has 3 heteroatoms. The first-order chi connectivity index (χ1) is 16.6. The number of nitrogens with one attached hydrogen (secondary N) is 1. The van der Waals surface area contributed by atoms with Gasteiger partial charge in [0.2, 0.25) is 0 Å². The molecule has 1 heterocycles. The highest BCUT2D eigenvalue weighted by Gasteiger charge is 2.50. The minimum absolute atomic E-state index is 0.0843. The van der Waals surface area contributed by atoms with Crippen LogP contribution in [0.3, 0.4) is 0 Å². The second kappa shape index (κ2) is 8.39. The predicted molar refractivity (Wildman–Crippen MR) is 139 cm³/mol. The van der Waals surface area contributed by atoms with E-state index in [1.807, 2.05) is 6.07 Å². The van der Waals surface area contributed by atoms with Gasteiger partial charge in [0.05, 0.1) is 16.6 Å². The first kappa shape index (κ1) is 21.6. The Hall–Kier alpha value is -2.91. The number of aryl methyl sites for hydroxylation is 1. The summed E-state index contributed by atoms with van der Waals surface area (Å²) in [5.41, 5.74) is 7.23. The van der Waals surface area contributed by atoms with Crippen LogP contribution < -0.4 is 0 Å². The van der Waals surface area contributed by atoms with Crippen molar-refractivity contribution in [3.05, 3.63) is 89.5 Å². The Kier molecular flexibility index (Phi) is 5.33. The number of imidazole rings is 1. The Morgan fingerprint density at radius 3 is 2.65 bits per heavy atom. The fraction of sp³-hybridized carbons (Fsp3) is 0.387. The van der Waals surface area contributed by atoms with Crippen molar-refractivity contribution < 1.29 is 5.11 Å². The summed E-state index contributed by atoms with van der Waals surface area (Å²) in [6.45, 7) is 2.15. The quantitative estimate of drug-likeness (QED) is 0.352. The predicted octanol–water partition coefficient (Wildman–Crippen LogP) is 6.99. The Labute approximate surface area is 202 Å². The number of aliphatic hydroxyl groups is 1. The highest BCUT2D eigenvalue weighted by molar-refractivity contribution is 5.79. The van der Waals surface area contributed by atoms with Crippen LogP contribution in [0.15, 0.2) is 72.8 Å². The van der Waals surface area contributed by atoms with E-state index in [1.54, 1.807) is 0 Å².